The van der Waals surface area contributed by atoms with Crippen LogP contribution in [-0.2, 0) is 14.3 Å². The summed E-state index contributed by atoms with van der Waals surface area (Å²) in [5.41, 5.74) is -0.382. The Kier molecular flexibility index (Phi) is 5.11. The molecule has 0 N–H and O–H groups in total. The van der Waals surface area contributed by atoms with E-state index in [4.69, 9.17) is 14.2 Å². The normalized spacial score (nSPS) is 22.9. The molecule has 0 spiro atoms. The second-order valence-corrected chi connectivity index (χ2v) is 7.37. The van der Waals surface area contributed by atoms with Crippen LogP contribution in [0.25, 0.3) is 10.8 Å². The van der Waals surface area contributed by atoms with E-state index in [9.17, 15) is 4.79 Å². The topological polar surface area (TPSA) is 44.8 Å². The molecule has 3 rings (SSSR count). The van der Waals surface area contributed by atoms with Crippen LogP contribution in [0.2, 0.25) is 0 Å². The second-order valence-electron chi connectivity index (χ2n) is 6.46. The summed E-state index contributed by atoms with van der Waals surface area (Å²) in [5.74, 6) is 0.683. The van der Waals surface area contributed by atoms with Gasteiger partial charge >= 0.3 is 5.97 Å². The molecule has 128 valence electrons. The number of methoxy groups -OCH3 is 1. The van der Waals surface area contributed by atoms with E-state index in [0.717, 1.165) is 15.6 Å². The van der Waals surface area contributed by atoms with Crippen LogP contribution < -0.4 is 4.74 Å². The molecule has 0 unspecified atom stereocenters. The predicted molar refractivity (Wildman–Crippen MR) is 96.2 cm³/mol. The quantitative estimate of drug-likeness (QED) is 0.541. The molecule has 1 saturated carbocycles. The van der Waals surface area contributed by atoms with Crippen LogP contribution >= 0.6 is 15.9 Å². The van der Waals surface area contributed by atoms with Crippen LogP contribution in [-0.4, -0.2) is 32.4 Å². The van der Waals surface area contributed by atoms with Gasteiger partial charge in [0.15, 0.2) is 0 Å². The fourth-order valence-corrected chi connectivity index (χ4v) is 3.51. The Morgan fingerprint density at radius 3 is 2.62 bits per heavy atom. The Labute approximate surface area is 150 Å². The molecule has 0 atom stereocenters. The fourth-order valence-electron chi connectivity index (χ4n) is 3.13. The van der Waals surface area contributed by atoms with Crippen molar-refractivity contribution in [2.45, 2.75) is 25.9 Å². The SMILES string of the molecule is COC(=O)C1(C)CC(OCCOc2ccc3cc(Br)ccc3c2)C1. The molecule has 0 bridgehead atoms. The monoisotopic (exact) mass is 392 g/mol. The lowest BCUT2D eigenvalue weighted by Crippen LogP contribution is -2.46. The van der Waals surface area contributed by atoms with Crippen molar-refractivity contribution in [2.75, 3.05) is 20.3 Å². The Morgan fingerprint density at radius 1 is 1.17 bits per heavy atom. The van der Waals surface area contributed by atoms with E-state index in [1.165, 1.54) is 12.5 Å². The molecule has 1 fully saturated rings. The third-order valence-electron chi connectivity index (χ3n) is 4.51. The van der Waals surface area contributed by atoms with E-state index in [0.29, 0.717) is 26.1 Å². The summed E-state index contributed by atoms with van der Waals surface area (Å²) in [6, 6.07) is 12.2. The van der Waals surface area contributed by atoms with Gasteiger partial charge in [0.25, 0.3) is 0 Å². The van der Waals surface area contributed by atoms with Gasteiger partial charge in [0.05, 0.1) is 25.2 Å². The molecule has 5 heteroatoms. The Bertz CT molecular complexity index is 737. The maximum absolute atomic E-state index is 11.6. The minimum Gasteiger partial charge on any atom is -0.491 e. The van der Waals surface area contributed by atoms with Crippen molar-refractivity contribution in [2.24, 2.45) is 5.41 Å². The highest BCUT2D eigenvalue weighted by atomic mass is 79.9. The van der Waals surface area contributed by atoms with Crippen molar-refractivity contribution in [3.63, 3.8) is 0 Å². The van der Waals surface area contributed by atoms with Gasteiger partial charge in [-0.3, -0.25) is 4.79 Å². The summed E-state index contributed by atoms with van der Waals surface area (Å²) >= 11 is 3.47. The number of benzene rings is 2. The maximum Gasteiger partial charge on any atom is 0.311 e. The van der Waals surface area contributed by atoms with E-state index in [1.54, 1.807) is 0 Å². The number of hydrogen-bond donors (Lipinski definition) is 0. The number of ether oxygens (including phenoxy) is 3. The van der Waals surface area contributed by atoms with Crippen LogP contribution in [0, 0.1) is 5.41 Å². The number of carbonyl (C=O) groups is 1. The highest BCUT2D eigenvalue weighted by Crippen LogP contribution is 2.43. The molecule has 2 aromatic carbocycles. The smallest absolute Gasteiger partial charge is 0.311 e. The lowest BCUT2D eigenvalue weighted by molar-refractivity contribution is -0.168. The molecule has 0 saturated heterocycles. The van der Waals surface area contributed by atoms with Crippen LogP contribution in [0.15, 0.2) is 40.9 Å². The first-order valence-electron chi connectivity index (χ1n) is 8.02. The van der Waals surface area contributed by atoms with Gasteiger partial charge in [0.1, 0.15) is 12.4 Å². The number of hydrogen-bond acceptors (Lipinski definition) is 4. The minimum absolute atomic E-state index is 0.117. The summed E-state index contributed by atoms with van der Waals surface area (Å²) < 4.78 is 17.4. The van der Waals surface area contributed by atoms with Crippen molar-refractivity contribution in [1.82, 2.24) is 0 Å². The van der Waals surface area contributed by atoms with Gasteiger partial charge in [-0.25, -0.2) is 0 Å². The molecule has 0 aromatic heterocycles. The molecule has 1 aliphatic rings. The zero-order chi connectivity index (χ0) is 17.2. The molecule has 1 aliphatic carbocycles. The first-order valence-corrected chi connectivity index (χ1v) is 8.82. The van der Waals surface area contributed by atoms with Crippen LogP contribution in [0.5, 0.6) is 5.75 Å². The molecule has 2 aromatic rings. The summed E-state index contributed by atoms with van der Waals surface area (Å²) in [6.07, 6.45) is 1.54. The average Bonchev–Trinajstić information content (AvgIpc) is 2.55. The van der Waals surface area contributed by atoms with Gasteiger partial charge in [-0.05, 0) is 54.8 Å². The largest absolute Gasteiger partial charge is 0.491 e. The predicted octanol–water partition coefficient (Wildman–Crippen LogP) is 4.34. The molecular weight excluding hydrogens is 372 g/mol. The van der Waals surface area contributed by atoms with Crippen molar-refractivity contribution >= 4 is 32.7 Å². The third-order valence-corrected chi connectivity index (χ3v) is 5.01. The minimum atomic E-state index is -0.382. The van der Waals surface area contributed by atoms with Crippen molar-refractivity contribution < 1.29 is 19.0 Å². The first kappa shape index (κ1) is 17.2. The Hall–Kier alpha value is -1.59. The Morgan fingerprint density at radius 2 is 1.88 bits per heavy atom. The van der Waals surface area contributed by atoms with E-state index in [2.05, 4.69) is 28.1 Å². The van der Waals surface area contributed by atoms with E-state index < -0.39 is 0 Å². The number of carbonyl (C=O) groups excluding carboxylic acids is 1. The molecule has 0 radical (unpaired) electrons. The van der Waals surface area contributed by atoms with Gasteiger partial charge in [0.2, 0.25) is 0 Å². The van der Waals surface area contributed by atoms with Crippen molar-refractivity contribution in [3.8, 4) is 5.75 Å². The summed E-state index contributed by atoms with van der Waals surface area (Å²) in [4.78, 5) is 11.6. The molecular formula is C19H21BrO4. The van der Waals surface area contributed by atoms with Crippen molar-refractivity contribution in [1.29, 1.82) is 0 Å². The van der Waals surface area contributed by atoms with Gasteiger partial charge < -0.3 is 14.2 Å². The first-order chi connectivity index (χ1) is 11.5. The lowest BCUT2D eigenvalue weighted by Gasteiger charge is -2.42. The number of esters is 1. The molecule has 0 amide bonds. The lowest BCUT2D eigenvalue weighted by atomic mass is 9.68. The standard InChI is InChI=1S/C19H21BrO4/c1-19(18(21)22-2)11-17(12-19)24-8-7-23-16-6-4-13-9-15(20)5-3-14(13)10-16/h3-6,9-10,17H,7-8,11-12H2,1-2H3. The molecule has 0 heterocycles. The van der Waals surface area contributed by atoms with Crippen LogP contribution in [0.3, 0.4) is 0 Å². The number of rotatable bonds is 6. The zero-order valence-electron chi connectivity index (χ0n) is 13.9. The second kappa shape index (κ2) is 7.11. The van der Waals surface area contributed by atoms with Gasteiger partial charge in [-0.2, -0.15) is 0 Å². The Balaban J connectivity index is 1.43. The van der Waals surface area contributed by atoms with Crippen LogP contribution in [0.1, 0.15) is 19.8 Å². The average molecular weight is 393 g/mol. The highest BCUT2D eigenvalue weighted by Gasteiger charge is 2.47. The van der Waals surface area contributed by atoms with Crippen molar-refractivity contribution in [3.05, 3.63) is 40.9 Å². The fraction of sp³-hybridized carbons (Fsp3) is 0.421. The molecule has 0 aliphatic heterocycles. The third kappa shape index (κ3) is 3.73. The number of halogens is 1. The molecule has 4 nitrogen and oxygen atoms in total. The van der Waals surface area contributed by atoms with E-state index in [1.807, 2.05) is 31.2 Å². The van der Waals surface area contributed by atoms with Gasteiger partial charge in [-0.15, -0.1) is 0 Å². The summed E-state index contributed by atoms with van der Waals surface area (Å²) in [5, 5.41) is 2.31. The summed E-state index contributed by atoms with van der Waals surface area (Å²) in [6.45, 7) is 2.93. The van der Waals surface area contributed by atoms with Gasteiger partial charge in [-0.1, -0.05) is 28.1 Å². The van der Waals surface area contributed by atoms with E-state index >= 15 is 0 Å². The van der Waals surface area contributed by atoms with E-state index in [-0.39, 0.29) is 17.5 Å². The maximum atomic E-state index is 11.6. The zero-order valence-corrected chi connectivity index (χ0v) is 15.5. The highest BCUT2D eigenvalue weighted by molar-refractivity contribution is 9.10. The van der Waals surface area contributed by atoms with Gasteiger partial charge in [0, 0.05) is 4.47 Å². The molecule has 24 heavy (non-hydrogen) atoms. The summed E-state index contributed by atoms with van der Waals surface area (Å²) in [7, 11) is 1.43. The van der Waals surface area contributed by atoms with Crippen LogP contribution in [0.4, 0.5) is 0 Å². The number of fused-ring (bicyclic) bond motifs is 1.